The average Bonchev–Trinajstić information content (AvgIpc) is 2.30. The van der Waals surface area contributed by atoms with Crippen LogP contribution in [0.3, 0.4) is 0 Å². The van der Waals surface area contributed by atoms with Crippen LogP contribution in [-0.2, 0) is 0 Å². The zero-order chi connectivity index (χ0) is 11.5. The first-order valence-corrected chi connectivity index (χ1v) is 5.03. The van der Waals surface area contributed by atoms with E-state index in [1.165, 1.54) is 0 Å². The topological polar surface area (TPSA) is 55.0 Å². The highest BCUT2D eigenvalue weighted by Gasteiger charge is 2.03. The minimum absolute atomic E-state index is 0.693. The fraction of sp³-hybridized carbons (Fsp3) is 0.167. The van der Waals surface area contributed by atoms with Crippen LogP contribution in [0.15, 0.2) is 36.7 Å². The number of hydrogen-bond donors (Lipinski definition) is 1. The molecule has 4 nitrogen and oxygen atoms in total. The predicted molar refractivity (Wildman–Crippen MR) is 66.2 cm³/mol. The first kappa shape index (κ1) is 10.4. The average molecular weight is 214 g/mol. The van der Waals surface area contributed by atoms with E-state index in [2.05, 4.69) is 9.97 Å². The molecule has 82 valence electrons. The number of nitrogen functional groups attached to an aromatic ring is 1. The summed E-state index contributed by atoms with van der Waals surface area (Å²) in [6, 6.07) is 7.69. The largest absolute Gasteiger partial charge is 0.398 e. The predicted octanol–water partition coefficient (Wildman–Crippen LogP) is 1.79. The molecule has 2 rings (SSSR count). The van der Waals surface area contributed by atoms with Crippen molar-refractivity contribution in [2.24, 2.45) is 0 Å². The molecule has 0 aliphatic rings. The molecule has 4 heteroatoms. The highest BCUT2D eigenvalue weighted by molar-refractivity contribution is 5.75. The Kier molecular flexibility index (Phi) is 2.72. The molecular weight excluding hydrogens is 200 g/mol. The Morgan fingerprint density at radius 1 is 1.06 bits per heavy atom. The molecule has 0 radical (unpaired) electrons. The number of aromatic nitrogens is 2. The molecule has 0 bridgehead atoms. The van der Waals surface area contributed by atoms with Gasteiger partial charge in [-0.1, -0.05) is 18.2 Å². The van der Waals surface area contributed by atoms with Crippen molar-refractivity contribution in [1.82, 2.24) is 9.97 Å². The van der Waals surface area contributed by atoms with Gasteiger partial charge in [0.25, 0.3) is 0 Å². The summed E-state index contributed by atoms with van der Waals surface area (Å²) in [7, 11) is 3.82. The number of hydrogen-bond acceptors (Lipinski definition) is 4. The molecule has 0 aliphatic heterocycles. The van der Waals surface area contributed by atoms with Crippen LogP contribution >= 0.6 is 0 Å². The van der Waals surface area contributed by atoms with Crippen LogP contribution < -0.4 is 10.6 Å². The second-order valence-corrected chi connectivity index (χ2v) is 3.75. The summed E-state index contributed by atoms with van der Waals surface area (Å²) in [5, 5.41) is 0. The molecular formula is C12H14N4. The zero-order valence-corrected chi connectivity index (χ0v) is 9.38. The van der Waals surface area contributed by atoms with E-state index in [4.69, 9.17) is 5.73 Å². The van der Waals surface area contributed by atoms with Crippen LogP contribution in [0.25, 0.3) is 11.1 Å². The Morgan fingerprint density at radius 2 is 1.69 bits per heavy atom. The second-order valence-electron chi connectivity index (χ2n) is 3.75. The number of nitrogens with zero attached hydrogens (tertiary/aromatic N) is 3. The van der Waals surface area contributed by atoms with Crippen LogP contribution in [0.2, 0.25) is 0 Å². The van der Waals surface area contributed by atoms with Gasteiger partial charge in [0.05, 0.1) is 0 Å². The van der Waals surface area contributed by atoms with Crippen LogP contribution in [0.5, 0.6) is 0 Å². The van der Waals surface area contributed by atoms with Gasteiger partial charge in [-0.3, -0.25) is 0 Å². The fourth-order valence-electron chi connectivity index (χ4n) is 1.45. The molecule has 2 N–H and O–H groups in total. The van der Waals surface area contributed by atoms with Crippen molar-refractivity contribution < 1.29 is 0 Å². The summed E-state index contributed by atoms with van der Waals surface area (Å²) in [6.07, 6.45) is 3.57. The van der Waals surface area contributed by atoms with E-state index in [1.54, 1.807) is 12.4 Å². The van der Waals surface area contributed by atoms with Gasteiger partial charge in [0.1, 0.15) is 0 Å². The Bertz CT molecular complexity index is 477. The maximum Gasteiger partial charge on any atom is 0.224 e. The van der Waals surface area contributed by atoms with Gasteiger partial charge in [-0.2, -0.15) is 0 Å². The fourth-order valence-corrected chi connectivity index (χ4v) is 1.45. The Labute approximate surface area is 94.8 Å². The summed E-state index contributed by atoms with van der Waals surface area (Å²) < 4.78 is 0. The molecule has 0 saturated carbocycles. The molecule has 0 amide bonds. The first-order valence-electron chi connectivity index (χ1n) is 5.03. The number of para-hydroxylation sites is 1. The quantitative estimate of drug-likeness (QED) is 0.774. The lowest BCUT2D eigenvalue weighted by molar-refractivity contribution is 1.000. The van der Waals surface area contributed by atoms with Crippen LogP contribution in [0.1, 0.15) is 0 Å². The lowest BCUT2D eigenvalue weighted by Crippen LogP contribution is -2.12. The van der Waals surface area contributed by atoms with E-state index < -0.39 is 0 Å². The molecule has 0 aliphatic carbocycles. The van der Waals surface area contributed by atoms with Gasteiger partial charge in [-0.25, -0.2) is 9.97 Å². The summed E-state index contributed by atoms with van der Waals surface area (Å²) in [4.78, 5) is 10.4. The normalized spacial score (nSPS) is 10.1. The van der Waals surface area contributed by atoms with Crippen molar-refractivity contribution in [2.45, 2.75) is 0 Å². The maximum atomic E-state index is 5.88. The van der Waals surface area contributed by atoms with Gasteiger partial charge < -0.3 is 10.6 Å². The monoisotopic (exact) mass is 214 g/mol. The Balaban J connectivity index is 2.39. The summed E-state index contributed by atoms with van der Waals surface area (Å²) >= 11 is 0. The third-order valence-electron chi connectivity index (χ3n) is 2.31. The van der Waals surface area contributed by atoms with E-state index in [0.717, 1.165) is 16.8 Å². The van der Waals surface area contributed by atoms with Gasteiger partial charge in [-0.15, -0.1) is 0 Å². The van der Waals surface area contributed by atoms with Crippen molar-refractivity contribution in [1.29, 1.82) is 0 Å². The smallest absolute Gasteiger partial charge is 0.224 e. The van der Waals surface area contributed by atoms with E-state index in [1.807, 2.05) is 43.3 Å². The summed E-state index contributed by atoms with van der Waals surface area (Å²) in [6.45, 7) is 0. The molecule has 0 spiro atoms. The van der Waals surface area contributed by atoms with Crippen molar-refractivity contribution >= 4 is 11.6 Å². The number of nitrogens with two attached hydrogens (primary N) is 1. The van der Waals surface area contributed by atoms with Gasteiger partial charge >= 0.3 is 0 Å². The number of anilines is 2. The molecule has 16 heavy (non-hydrogen) atoms. The third kappa shape index (κ3) is 1.95. The molecule has 1 heterocycles. The van der Waals surface area contributed by atoms with E-state index in [0.29, 0.717) is 5.95 Å². The zero-order valence-electron chi connectivity index (χ0n) is 9.38. The van der Waals surface area contributed by atoms with Crippen LogP contribution in [-0.4, -0.2) is 24.1 Å². The second kappa shape index (κ2) is 4.18. The molecule has 0 fully saturated rings. The number of benzene rings is 1. The molecule has 1 aromatic heterocycles. The summed E-state index contributed by atoms with van der Waals surface area (Å²) in [5.41, 5.74) is 8.52. The number of rotatable bonds is 2. The Hall–Kier alpha value is -2.10. The van der Waals surface area contributed by atoms with E-state index >= 15 is 0 Å². The molecule has 0 saturated heterocycles. The van der Waals surface area contributed by atoms with E-state index in [9.17, 15) is 0 Å². The summed E-state index contributed by atoms with van der Waals surface area (Å²) in [5.74, 6) is 0.693. The third-order valence-corrected chi connectivity index (χ3v) is 2.31. The van der Waals surface area contributed by atoms with Gasteiger partial charge in [0, 0.05) is 43.3 Å². The van der Waals surface area contributed by atoms with Crippen LogP contribution in [0.4, 0.5) is 11.6 Å². The molecule has 0 atom stereocenters. The first-order chi connectivity index (χ1) is 7.68. The van der Waals surface area contributed by atoms with Crippen molar-refractivity contribution in [3.8, 4) is 11.1 Å². The lowest BCUT2D eigenvalue weighted by atomic mass is 10.1. The minimum Gasteiger partial charge on any atom is -0.398 e. The highest BCUT2D eigenvalue weighted by Crippen LogP contribution is 2.24. The lowest BCUT2D eigenvalue weighted by Gasteiger charge is -2.10. The molecule has 0 unspecified atom stereocenters. The van der Waals surface area contributed by atoms with Gasteiger partial charge in [-0.05, 0) is 6.07 Å². The van der Waals surface area contributed by atoms with Crippen molar-refractivity contribution in [3.05, 3.63) is 36.7 Å². The van der Waals surface area contributed by atoms with Crippen LogP contribution in [0, 0.1) is 0 Å². The van der Waals surface area contributed by atoms with Gasteiger partial charge in [0.15, 0.2) is 0 Å². The standard InChI is InChI=1S/C12H14N4/c1-16(2)12-14-7-9(8-15-12)10-5-3-4-6-11(10)13/h3-8H,13H2,1-2H3. The molecule has 2 aromatic rings. The highest BCUT2D eigenvalue weighted by atomic mass is 15.2. The van der Waals surface area contributed by atoms with Gasteiger partial charge in [0.2, 0.25) is 5.95 Å². The SMILES string of the molecule is CN(C)c1ncc(-c2ccccc2N)cn1. The maximum absolute atomic E-state index is 5.88. The Morgan fingerprint density at radius 3 is 2.25 bits per heavy atom. The van der Waals surface area contributed by atoms with Crippen molar-refractivity contribution in [3.63, 3.8) is 0 Å². The van der Waals surface area contributed by atoms with E-state index in [-0.39, 0.29) is 0 Å². The minimum atomic E-state index is 0.693. The van der Waals surface area contributed by atoms with Crippen molar-refractivity contribution in [2.75, 3.05) is 24.7 Å². The molecule has 1 aromatic carbocycles.